The Morgan fingerprint density at radius 2 is 1.96 bits per heavy atom. The Hall–Kier alpha value is -2.32. The Bertz CT molecular complexity index is 604. The van der Waals surface area contributed by atoms with Gasteiger partial charge >= 0.3 is 12.1 Å². The zero-order valence-corrected chi connectivity index (χ0v) is 14.0. The van der Waals surface area contributed by atoms with E-state index in [-0.39, 0.29) is 18.1 Å². The van der Waals surface area contributed by atoms with Crippen LogP contribution in [0.5, 0.6) is 0 Å². The van der Waals surface area contributed by atoms with Crippen LogP contribution in [-0.2, 0) is 22.3 Å². The van der Waals surface area contributed by atoms with Gasteiger partial charge in [-0.1, -0.05) is 6.07 Å². The van der Waals surface area contributed by atoms with Crippen molar-refractivity contribution >= 4 is 11.9 Å². The van der Waals surface area contributed by atoms with Gasteiger partial charge in [-0.15, -0.1) is 0 Å². The van der Waals surface area contributed by atoms with Crippen LogP contribution in [-0.4, -0.2) is 32.6 Å². The van der Waals surface area contributed by atoms with Gasteiger partial charge in [0.15, 0.2) is 5.96 Å². The van der Waals surface area contributed by atoms with Crippen molar-refractivity contribution in [2.45, 2.75) is 32.0 Å². The minimum Gasteiger partial charge on any atom is -0.469 e. The topological polar surface area (TPSA) is 62.7 Å². The number of esters is 1. The Morgan fingerprint density at radius 3 is 2.56 bits per heavy atom. The van der Waals surface area contributed by atoms with Crippen LogP contribution in [0.3, 0.4) is 0 Å². The quantitative estimate of drug-likeness (QED) is 0.257. The molecule has 0 unspecified atom stereocenters. The summed E-state index contributed by atoms with van der Waals surface area (Å²) in [6.45, 7) is 0.336. The molecule has 0 aliphatic carbocycles. The smallest absolute Gasteiger partial charge is 0.416 e. The van der Waals surface area contributed by atoms with Gasteiger partial charge in [0.2, 0.25) is 0 Å². The van der Waals surface area contributed by atoms with E-state index in [2.05, 4.69) is 20.4 Å². The maximum absolute atomic E-state index is 13.1. The average molecular weight is 363 g/mol. The molecule has 0 spiro atoms. The summed E-state index contributed by atoms with van der Waals surface area (Å²) in [6, 6.07) is 2.55. The zero-order chi connectivity index (χ0) is 18.9. The van der Waals surface area contributed by atoms with Gasteiger partial charge in [0.25, 0.3) is 0 Å². The number of hydrogen-bond donors (Lipinski definition) is 2. The number of carbonyl (C=O) groups is 1. The van der Waals surface area contributed by atoms with E-state index >= 15 is 0 Å². The lowest BCUT2D eigenvalue weighted by atomic mass is 10.1. The third-order valence-corrected chi connectivity index (χ3v) is 3.37. The number of carbonyl (C=O) groups excluding carboxylic acids is 1. The number of methoxy groups -OCH3 is 1. The second-order valence-electron chi connectivity index (χ2n) is 5.19. The Labute approximate surface area is 143 Å². The molecule has 1 aromatic carbocycles. The van der Waals surface area contributed by atoms with E-state index in [1.807, 2.05) is 0 Å². The first-order valence-corrected chi connectivity index (χ1v) is 7.65. The largest absolute Gasteiger partial charge is 0.469 e. The molecule has 2 N–H and O–H groups in total. The number of rotatable bonds is 7. The third kappa shape index (κ3) is 7.40. The summed E-state index contributed by atoms with van der Waals surface area (Å²) in [7, 11) is 2.80. The van der Waals surface area contributed by atoms with Crippen LogP contribution < -0.4 is 10.6 Å². The maximum Gasteiger partial charge on any atom is 0.416 e. The lowest BCUT2D eigenvalue weighted by Gasteiger charge is -2.16. The van der Waals surface area contributed by atoms with Crippen molar-refractivity contribution in [3.63, 3.8) is 0 Å². The van der Waals surface area contributed by atoms with Gasteiger partial charge in [-0.2, -0.15) is 13.2 Å². The number of halogens is 4. The van der Waals surface area contributed by atoms with Crippen LogP contribution in [0.1, 0.15) is 30.4 Å². The van der Waals surface area contributed by atoms with E-state index in [0.717, 1.165) is 12.1 Å². The summed E-state index contributed by atoms with van der Waals surface area (Å²) in [5.74, 6) is -0.918. The maximum atomic E-state index is 13.1. The summed E-state index contributed by atoms with van der Waals surface area (Å²) < 4.78 is 56.4. The van der Waals surface area contributed by atoms with Gasteiger partial charge in [-0.25, -0.2) is 4.39 Å². The number of unbranched alkanes of at least 4 members (excludes halogenated alkanes) is 1. The molecule has 0 amide bonds. The molecule has 0 aliphatic heterocycles. The van der Waals surface area contributed by atoms with Crippen molar-refractivity contribution in [1.29, 1.82) is 0 Å². The van der Waals surface area contributed by atoms with E-state index < -0.39 is 17.6 Å². The number of ether oxygens (including phenoxy) is 1. The fraction of sp³-hybridized carbons (Fsp3) is 0.500. The highest BCUT2D eigenvalue weighted by Gasteiger charge is 2.33. The first kappa shape index (κ1) is 20.7. The van der Waals surface area contributed by atoms with Gasteiger partial charge in [-0.05, 0) is 30.5 Å². The van der Waals surface area contributed by atoms with Crippen LogP contribution >= 0.6 is 0 Å². The highest BCUT2D eigenvalue weighted by atomic mass is 19.4. The number of nitrogens with one attached hydrogen (secondary N) is 2. The summed E-state index contributed by atoms with van der Waals surface area (Å²) in [6.07, 6.45) is -3.05. The van der Waals surface area contributed by atoms with Crippen LogP contribution in [0.25, 0.3) is 0 Å². The van der Waals surface area contributed by atoms with Crippen molar-refractivity contribution in [2.75, 3.05) is 20.7 Å². The molecule has 5 nitrogen and oxygen atoms in total. The van der Waals surface area contributed by atoms with E-state index in [4.69, 9.17) is 0 Å². The minimum atomic E-state index is -4.63. The molecule has 0 fully saturated rings. The second kappa shape index (κ2) is 9.85. The summed E-state index contributed by atoms with van der Waals surface area (Å²) in [4.78, 5) is 14.9. The Morgan fingerprint density at radius 1 is 1.24 bits per heavy atom. The Kier molecular flexibility index (Phi) is 8.17. The van der Waals surface area contributed by atoms with Crippen molar-refractivity contribution in [2.24, 2.45) is 4.99 Å². The molecule has 0 atom stereocenters. The van der Waals surface area contributed by atoms with Crippen molar-refractivity contribution in [3.05, 3.63) is 35.1 Å². The van der Waals surface area contributed by atoms with Crippen LogP contribution in [0.4, 0.5) is 17.6 Å². The van der Waals surface area contributed by atoms with Crippen molar-refractivity contribution < 1.29 is 27.1 Å². The number of guanidine groups is 1. The standard InChI is InChI=1S/C16H21F4N3O2/c1-21-15(22-8-4-3-5-14(24)25-2)23-10-11-6-7-12(17)9-13(11)16(18,19)20/h6-7,9H,3-5,8,10H2,1-2H3,(H2,21,22,23). The molecule has 1 aromatic rings. The highest BCUT2D eigenvalue weighted by Crippen LogP contribution is 2.32. The summed E-state index contributed by atoms with van der Waals surface area (Å²) in [5.41, 5.74) is -1.10. The highest BCUT2D eigenvalue weighted by molar-refractivity contribution is 5.79. The number of benzene rings is 1. The summed E-state index contributed by atoms with van der Waals surface area (Å²) >= 11 is 0. The Balaban J connectivity index is 2.52. The average Bonchev–Trinajstić information content (AvgIpc) is 2.57. The molecule has 0 aliphatic rings. The number of nitrogens with zero attached hydrogens (tertiary/aromatic N) is 1. The van der Waals surface area contributed by atoms with E-state index in [1.165, 1.54) is 14.2 Å². The lowest BCUT2D eigenvalue weighted by molar-refractivity contribution is -0.141. The van der Waals surface area contributed by atoms with Gasteiger partial charge in [0, 0.05) is 26.6 Å². The molecule has 0 heterocycles. The lowest BCUT2D eigenvalue weighted by Crippen LogP contribution is -2.37. The molecule has 25 heavy (non-hydrogen) atoms. The number of aliphatic imine (C=N–C) groups is 1. The molecule has 0 aromatic heterocycles. The zero-order valence-electron chi connectivity index (χ0n) is 14.0. The van der Waals surface area contributed by atoms with Gasteiger partial charge in [-0.3, -0.25) is 9.79 Å². The summed E-state index contributed by atoms with van der Waals surface area (Å²) in [5, 5.41) is 5.69. The second-order valence-corrected chi connectivity index (χ2v) is 5.19. The van der Waals surface area contributed by atoms with E-state index in [0.29, 0.717) is 37.8 Å². The molecule has 9 heteroatoms. The van der Waals surface area contributed by atoms with Crippen LogP contribution in [0, 0.1) is 5.82 Å². The molecule has 140 valence electrons. The van der Waals surface area contributed by atoms with Gasteiger partial charge < -0.3 is 15.4 Å². The van der Waals surface area contributed by atoms with E-state index in [1.54, 1.807) is 0 Å². The molecular formula is C16H21F4N3O2. The van der Waals surface area contributed by atoms with Crippen molar-refractivity contribution in [1.82, 2.24) is 10.6 Å². The molecule has 0 radical (unpaired) electrons. The SMILES string of the molecule is CN=C(NCCCCC(=O)OC)NCc1ccc(F)cc1C(F)(F)F. The molecule has 0 saturated heterocycles. The fourth-order valence-corrected chi connectivity index (χ4v) is 2.07. The normalized spacial score (nSPS) is 12.0. The molecular weight excluding hydrogens is 342 g/mol. The fourth-order valence-electron chi connectivity index (χ4n) is 2.07. The first-order chi connectivity index (χ1) is 11.8. The van der Waals surface area contributed by atoms with Gasteiger partial charge in [0.1, 0.15) is 5.82 Å². The minimum absolute atomic E-state index is 0.0810. The monoisotopic (exact) mass is 363 g/mol. The van der Waals surface area contributed by atoms with Crippen LogP contribution in [0.2, 0.25) is 0 Å². The first-order valence-electron chi connectivity index (χ1n) is 7.65. The third-order valence-electron chi connectivity index (χ3n) is 3.37. The van der Waals surface area contributed by atoms with Crippen molar-refractivity contribution in [3.8, 4) is 0 Å². The number of alkyl halides is 3. The van der Waals surface area contributed by atoms with E-state index in [9.17, 15) is 22.4 Å². The predicted octanol–water partition coefficient (Wildman–Crippen LogP) is 2.85. The molecule has 0 bridgehead atoms. The van der Waals surface area contributed by atoms with Crippen LogP contribution in [0.15, 0.2) is 23.2 Å². The molecule has 0 saturated carbocycles. The van der Waals surface area contributed by atoms with Gasteiger partial charge in [0.05, 0.1) is 12.7 Å². The molecule has 1 rings (SSSR count). The predicted molar refractivity (Wildman–Crippen MR) is 85.5 cm³/mol. The number of hydrogen-bond acceptors (Lipinski definition) is 3.